The van der Waals surface area contributed by atoms with E-state index in [0.29, 0.717) is 30.5 Å². The number of anilines is 2. The molecular formula is C13H13ClN6. The molecule has 6 nitrogen and oxygen atoms in total. The molecule has 2 aromatic rings. The van der Waals surface area contributed by atoms with Crippen molar-refractivity contribution in [3.8, 4) is 6.07 Å². The fourth-order valence-electron chi connectivity index (χ4n) is 1.60. The van der Waals surface area contributed by atoms with Gasteiger partial charge in [-0.3, -0.25) is 0 Å². The highest BCUT2D eigenvalue weighted by Crippen LogP contribution is 2.11. The van der Waals surface area contributed by atoms with Gasteiger partial charge in [-0.25, -0.2) is 0 Å². The number of rotatable bonds is 5. The number of hydrogen-bond acceptors (Lipinski definition) is 6. The predicted molar refractivity (Wildman–Crippen MR) is 77.5 cm³/mol. The van der Waals surface area contributed by atoms with Gasteiger partial charge in [0.2, 0.25) is 17.2 Å². The van der Waals surface area contributed by atoms with Crippen molar-refractivity contribution in [2.75, 3.05) is 17.2 Å². The van der Waals surface area contributed by atoms with Gasteiger partial charge in [-0.05, 0) is 36.2 Å². The Kier molecular flexibility index (Phi) is 4.69. The number of nitriles is 1. The number of hydrogen-bond donors (Lipinski definition) is 2. The van der Waals surface area contributed by atoms with E-state index in [1.54, 1.807) is 12.1 Å². The first-order valence-electron chi connectivity index (χ1n) is 6.09. The lowest BCUT2D eigenvalue weighted by Crippen LogP contribution is -2.09. The molecule has 0 atom stereocenters. The number of halogens is 1. The quantitative estimate of drug-likeness (QED) is 0.879. The van der Waals surface area contributed by atoms with Crippen molar-refractivity contribution in [3.05, 3.63) is 40.7 Å². The van der Waals surface area contributed by atoms with Crippen molar-refractivity contribution in [2.45, 2.75) is 13.5 Å². The van der Waals surface area contributed by atoms with Gasteiger partial charge in [-0.2, -0.15) is 20.2 Å². The molecule has 0 bridgehead atoms. The predicted octanol–water partition coefficient (Wildman–Crippen LogP) is 2.44. The molecule has 2 N–H and O–H groups in total. The smallest absolute Gasteiger partial charge is 0.229 e. The standard InChI is InChI=1S/C13H13ClN6/c1-2-16-12-18-11(14)19-13(20-12)17-8-10-5-3-4-9(6-10)7-15/h3-6H,2,8H2,1H3,(H2,16,17,18,19,20). The molecule has 0 unspecified atom stereocenters. The maximum Gasteiger partial charge on any atom is 0.229 e. The van der Waals surface area contributed by atoms with Gasteiger partial charge in [-0.1, -0.05) is 12.1 Å². The molecule has 0 aliphatic heterocycles. The SMILES string of the molecule is CCNc1nc(Cl)nc(NCc2cccc(C#N)c2)n1. The molecule has 0 fully saturated rings. The van der Waals surface area contributed by atoms with Crippen molar-refractivity contribution in [1.82, 2.24) is 15.0 Å². The van der Waals surface area contributed by atoms with E-state index in [4.69, 9.17) is 16.9 Å². The third kappa shape index (κ3) is 3.80. The topological polar surface area (TPSA) is 86.5 Å². The van der Waals surface area contributed by atoms with Crippen LogP contribution < -0.4 is 10.6 Å². The molecule has 0 aliphatic carbocycles. The molecular weight excluding hydrogens is 276 g/mol. The molecule has 0 amide bonds. The minimum Gasteiger partial charge on any atom is -0.354 e. The van der Waals surface area contributed by atoms with Gasteiger partial charge >= 0.3 is 0 Å². The summed E-state index contributed by atoms with van der Waals surface area (Å²) in [7, 11) is 0. The van der Waals surface area contributed by atoms with Gasteiger partial charge < -0.3 is 10.6 Å². The van der Waals surface area contributed by atoms with Gasteiger partial charge in [0.15, 0.2) is 0 Å². The molecule has 7 heteroatoms. The number of nitrogens with zero attached hydrogens (tertiary/aromatic N) is 4. The average Bonchev–Trinajstić information content (AvgIpc) is 2.45. The third-order valence-corrected chi connectivity index (χ3v) is 2.62. The van der Waals surface area contributed by atoms with Crippen LogP contribution in [0.5, 0.6) is 0 Å². The van der Waals surface area contributed by atoms with Gasteiger partial charge in [0.1, 0.15) is 0 Å². The second-order valence-corrected chi connectivity index (χ2v) is 4.29. The third-order valence-electron chi connectivity index (χ3n) is 2.45. The van der Waals surface area contributed by atoms with E-state index in [0.717, 1.165) is 5.56 Å². The highest BCUT2D eigenvalue weighted by Gasteiger charge is 2.04. The van der Waals surface area contributed by atoms with Crippen LogP contribution in [0.2, 0.25) is 5.28 Å². The van der Waals surface area contributed by atoms with Crippen molar-refractivity contribution in [1.29, 1.82) is 5.26 Å². The molecule has 0 radical (unpaired) electrons. The van der Waals surface area contributed by atoms with Crippen LogP contribution >= 0.6 is 11.6 Å². The van der Waals surface area contributed by atoms with E-state index in [9.17, 15) is 0 Å². The van der Waals surface area contributed by atoms with Crippen LogP contribution in [-0.4, -0.2) is 21.5 Å². The molecule has 102 valence electrons. The lowest BCUT2D eigenvalue weighted by Gasteiger charge is -2.07. The molecule has 0 saturated heterocycles. The summed E-state index contributed by atoms with van der Waals surface area (Å²) in [5.41, 5.74) is 1.58. The zero-order chi connectivity index (χ0) is 14.4. The Bertz CT molecular complexity index is 637. The lowest BCUT2D eigenvalue weighted by molar-refractivity contribution is 0.987. The Morgan fingerprint density at radius 2 is 1.95 bits per heavy atom. The Hall–Kier alpha value is -2.39. The Morgan fingerprint density at radius 1 is 1.20 bits per heavy atom. The average molecular weight is 289 g/mol. The molecule has 1 aromatic carbocycles. The molecule has 0 spiro atoms. The van der Waals surface area contributed by atoms with E-state index in [1.807, 2.05) is 19.1 Å². The zero-order valence-corrected chi connectivity index (χ0v) is 11.6. The zero-order valence-electron chi connectivity index (χ0n) is 10.9. The van der Waals surface area contributed by atoms with E-state index in [-0.39, 0.29) is 5.28 Å². The largest absolute Gasteiger partial charge is 0.354 e. The molecule has 2 rings (SSSR count). The van der Waals surface area contributed by atoms with Crippen LogP contribution in [0.4, 0.5) is 11.9 Å². The van der Waals surface area contributed by atoms with Crippen LogP contribution in [-0.2, 0) is 6.54 Å². The highest BCUT2D eigenvalue weighted by molar-refractivity contribution is 6.28. The first-order chi connectivity index (χ1) is 9.71. The Balaban J connectivity index is 2.08. The molecule has 1 aromatic heterocycles. The Morgan fingerprint density at radius 3 is 2.65 bits per heavy atom. The lowest BCUT2D eigenvalue weighted by atomic mass is 10.1. The normalized spacial score (nSPS) is 9.85. The number of benzene rings is 1. The van der Waals surface area contributed by atoms with Gasteiger partial charge in [0.05, 0.1) is 11.6 Å². The van der Waals surface area contributed by atoms with E-state index < -0.39 is 0 Å². The molecule has 1 heterocycles. The monoisotopic (exact) mass is 288 g/mol. The summed E-state index contributed by atoms with van der Waals surface area (Å²) in [6.07, 6.45) is 0. The minimum atomic E-state index is 0.129. The minimum absolute atomic E-state index is 0.129. The van der Waals surface area contributed by atoms with E-state index in [1.165, 1.54) is 0 Å². The fraction of sp³-hybridized carbons (Fsp3) is 0.231. The molecule has 20 heavy (non-hydrogen) atoms. The summed E-state index contributed by atoms with van der Waals surface area (Å²) in [6.45, 7) is 3.14. The van der Waals surface area contributed by atoms with Crippen LogP contribution in [0, 0.1) is 11.3 Å². The second-order valence-electron chi connectivity index (χ2n) is 3.95. The first-order valence-corrected chi connectivity index (χ1v) is 6.47. The maximum atomic E-state index is 8.85. The summed E-state index contributed by atoms with van der Waals surface area (Å²) in [5.74, 6) is 0.823. The molecule has 0 saturated carbocycles. The number of aromatic nitrogens is 3. The van der Waals surface area contributed by atoms with Crippen molar-refractivity contribution in [2.24, 2.45) is 0 Å². The highest BCUT2D eigenvalue weighted by atomic mass is 35.5. The first kappa shape index (κ1) is 14.0. The van der Waals surface area contributed by atoms with Crippen molar-refractivity contribution < 1.29 is 0 Å². The van der Waals surface area contributed by atoms with E-state index in [2.05, 4.69) is 31.7 Å². The summed E-state index contributed by atoms with van der Waals surface area (Å²) >= 11 is 5.83. The van der Waals surface area contributed by atoms with Gasteiger partial charge in [-0.15, -0.1) is 0 Å². The maximum absolute atomic E-state index is 8.85. The molecule has 0 aliphatic rings. The van der Waals surface area contributed by atoms with Crippen molar-refractivity contribution in [3.63, 3.8) is 0 Å². The summed E-state index contributed by atoms with van der Waals surface area (Å²) in [5, 5.41) is 15.0. The number of nitrogens with one attached hydrogen (secondary N) is 2. The van der Waals surface area contributed by atoms with Crippen LogP contribution in [0.15, 0.2) is 24.3 Å². The fourth-order valence-corrected chi connectivity index (χ4v) is 1.76. The van der Waals surface area contributed by atoms with Crippen LogP contribution in [0.1, 0.15) is 18.1 Å². The second kappa shape index (κ2) is 6.68. The van der Waals surface area contributed by atoms with E-state index >= 15 is 0 Å². The summed E-state index contributed by atoms with van der Waals surface area (Å²) < 4.78 is 0. The van der Waals surface area contributed by atoms with Crippen LogP contribution in [0.3, 0.4) is 0 Å². The van der Waals surface area contributed by atoms with Gasteiger partial charge in [0, 0.05) is 13.1 Å². The van der Waals surface area contributed by atoms with Gasteiger partial charge in [0.25, 0.3) is 0 Å². The summed E-state index contributed by atoms with van der Waals surface area (Å²) in [4.78, 5) is 12.1. The Labute approximate surface area is 121 Å². The summed E-state index contributed by atoms with van der Waals surface area (Å²) in [6, 6.07) is 9.42. The van der Waals surface area contributed by atoms with Crippen molar-refractivity contribution >= 4 is 23.5 Å². The van der Waals surface area contributed by atoms with Crippen LogP contribution in [0.25, 0.3) is 0 Å².